The van der Waals surface area contributed by atoms with Crippen molar-refractivity contribution in [2.45, 2.75) is 50.6 Å². The summed E-state index contributed by atoms with van der Waals surface area (Å²) in [5, 5.41) is 8.25. The first-order chi connectivity index (χ1) is 7.09. The van der Waals surface area contributed by atoms with Crippen molar-refractivity contribution in [2.75, 3.05) is 0 Å². The summed E-state index contributed by atoms with van der Waals surface area (Å²) in [6, 6.07) is -0.253. The second-order valence-electron chi connectivity index (χ2n) is 4.29. The summed E-state index contributed by atoms with van der Waals surface area (Å²) in [5.41, 5.74) is 0. The lowest BCUT2D eigenvalue weighted by Crippen LogP contribution is -2.50. The van der Waals surface area contributed by atoms with E-state index in [1.165, 1.54) is 0 Å². The maximum absolute atomic E-state index is 12.5. The maximum Gasteiger partial charge on any atom is 0.408 e. The number of hydrogen-bond acceptors (Lipinski definition) is 3. The molecule has 0 aromatic heterocycles. The van der Waals surface area contributed by atoms with Crippen LogP contribution in [0, 0.1) is 11.3 Å². The van der Waals surface area contributed by atoms with Crippen molar-refractivity contribution in [1.82, 2.24) is 4.72 Å². The molecule has 0 heterocycles. The standard InChI is InChI=1S/C9H15F3N2OS/c1-8(2,3)16(15)14-7(5-4-6-13)9(10,11)12/h7,14H,4-5H2,1-3H3/t7?,16-/m1/s1. The van der Waals surface area contributed by atoms with Crippen molar-refractivity contribution >= 4 is 11.4 Å². The summed E-state index contributed by atoms with van der Waals surface area (Å²) in [6.07, 6.45) is -5.10. The fourth-order valence-electron chi connectivity index (χ4n) is 0.804. The minimum Gasteiger partial charge on any atom is -0.598 e. The Balaban J connectivity index is 4.51. The highest BCUT2D eigenvalue weighted by Gasteiger charge is 2.44. The highest BCUT2D eigenvalue weighted by molar-refractivity contribution is 7.90. The number of nitriles is 1. The molecule has 1 N–H and O–H groups in total. The first kappa shape index (κ1) is 15.6. The summed E-state index contributed by atoms with van der Waals surface area (Å²) in [4.78, 5) is 0. The van der Waals surface area contributed by atoms with Crippen LogP contribution in [0.15, 0.2) is 0 Å². The molecule has 0 saturated heterocycles. The molecule has 0 radical (unpaired) electrons. The Labute approximate surface area is 96.3 Å². The van der Waals surface area contributed by atoms with Gasteiger partial charge in [0.25, 0.3) is 0 Å². The number of alkyl halides is 3. The molecule has 0 rings (SSSR count). The predicted molar refractivity (Wildman–Crippen MR) is 55.7 cm³/mol. The molecule has 0 aromatic rings. The predicted octanol–water partition coefficient (Wildman–Crippen LogP) is 2.27. The maximum atomic E-state index is 12.5. The van der Waals surface area contributed by atoms with Gasteiger partial charge in [-0.1, -0.05) is 0 Å². The molecule has 0 aliphatic carbocycles. The molecule has 3 nitrogen and oxygen atoms in total. The number of halogens is 3. The van der Waals surface area contributed by atoms with E-state index < -0.39 is 28.3 Å². The van der Waals surface area contributed by atoms with Gasteiger partial charge in [-0.2, -0.15) is 18.4 Å². The van der Waals surface area contributed by atoms with Gasteiger partial charge in [0.1, 0.15) is 10.8 Å². The molecule has 0 fully saturated rings. The molecule has 0 amide bonds. The van der Waals surface area contributed by atoms with Gasteiger partial charge in [0.15, 0.2) is 0 Å². The third-order valence-corrected chi connectivity index (χ3v) is 3.36. The van der Waals surface area contributed by atoms with Crippen molar-refractivity contribution in [3.05, 3.63) is 0 Å². The van der Waals surface area contributed by atoms with E-state index in [0.717, 1.165) is 0 Å². The Kier molecular flexibility index (Phi) is 5.59. The van der Waals surface area contributed by atoms with E-state index in [2.05, 4.69) is 0 Å². The molecule has 94 valence electrons. The molecular weight excluding hydrogens is 241 g/mol. The van der Waals surface area contributed by atoms with E-state index in [1.54, 1.807) is 26.8 Å². The van der Waals surface area contributed by atoms with E-state index in [9.17, 15) is 17.7 Å². The molecule has 2 atom stereocenters. The van der Waals surface area contributed by atoms with E-state index in [4.69, 9.17) is 5.26 Å². The van der Waals surface area contributed by atoms with Gasteiger partial charge >= 0.3 is 6.18 Å². The Morgan fingerprint density at radius 3 is 2.19 bits per heavy atom. The minimum atomic E-state index is -4.49. The summed E-state index contributed by atoms with van der Waals surface area (Å²) >= 11 is -1.80. The largest absolute Gasteiger partial charge is 0.598 e. The van der Waals surface area contributed by atoms with Gasteiger partial charge in [-0.3, -0.25) is 0 Å². The van der Waals surface area contributed by atoms with Gasteiger partial charge in [-0.25, -0.2) is 0 Å². The van der Waals surface area contributed by atoms with Crippen LogP contribution in [0.1, 0.15) is 33.6 Å². The van der Waals surface area contributed by atoms with Crippen molar-refractivity contribution in [2.24, 2.45) is 0 Å². The number of nitrogens with zero attached hydrogens (tertiary/aromatic N) is 1. The highest BCUT2D eigenvalue weighted by atomic mass is 32.2. The molecule has 0 aromatic carbocycles. The monoisotopic (exact) mass is 256 g/mol. The Morgan fingerprint density at radius 2 is 1.88 bits per heavy atom. The lowest BCUT2D eigenvalue weighted by atomic mass is 10.2. The van der Waals surface area contributed by atoms with Gasteiger partial charge in [-0.15, -0.1) is 4.72 Å². The normalized spacial score (nSPS) is 16.6. The van der Waals surface area contributed by atoms with Gasteiger partial charge in [0.2, 0.25) is 0 Å². The number of nitrogens with one attached hydrogen (secondary N) is 1. The molecule has 0 saturated carbocycles. The van der Waals surface area contributed by atoms with E-state index in [1.807, 2.05) is 4.72 Å². The second-order valence-corrected chi connectivity index (χ2v) is 6.29. The SMILES string of the molecule is CC(C)(C)[S@@+]([O-])NC(CCC#N)C(F)(F)F. The van der Waals surface area contributed by atoms with Crippen molar-refractivity contribution < 1.29 is 17.7 Å². The number of rotatable bonds is 4. The molecule has 7 heteroatoms. The van der Waals surface area contributed by atoms with Crippen LogP contribution in [0.4, 0.5) is 13.2 Å². The van der Waals surface area contributed by atoms with Crippen molar-refractivity contribution in [3.8, 4) is 6.07 Å². The first-order valence-electron chi connectivity index (χ1n) is 4.70. The van der Waals surface area contributed by atoms with E-state index in [0.29, 0.717) is 0 Å². The molecule has 16 heavy (non-hydrogen) atoms. The fraction of sp³-hybridized carbons (Fsp3) is 0.889. The topological polar surface area (TPSA) is 58.9 Å². The lowest BCUT2D eigenvalue weighted by Gasteiger charge is -2.28. The molecule has 1 unspecified atom stereocenters. The summed E-state index contributed by atoms with van der Waals surface area (Å²) in [7, 11) is 0. The lowest BCUT2D eigenvalue weighted by molar-refractivity contribution is -0.152. The highest BCUT2D eigenvalue weighted by Crippen LogP contribution is 2.26. The molecular formula is C9H15F3N2OS. The first-order valence-corrected chi connectivity index (χ1v) is 5.85. The van der Waals surface area contributed by atoms with E-state index >= 15 is 0 Å². The van der Waals surface area contributed by atoms with Crippen LogP contribution in [0.25, 0.3) is 0 Å². The Hall–Kier alpha value is -0.450. The Bertz CT molecular complexity index is 257. The quantitative estimate of drug-likeness (QED) is 0.785. The van der Waals surface area contributed by atoms with E-state index in [-0.39, 0.29) is 12.8 Å². The van der Waals surface area contributed by atoms with Crippen LogP contribution in [-0.2, 0) is 11.4 Å². The average Bonchev–Trinajstić information content (AvgIpc) is 2.08. The fourth-order valence-corrected chi connectivity index (χ4v) is 1.67. The van der Waals surface area contributed by atoms with Crippen LogP contribution in [0.3, 0.4) is 0 Å². The number of hydrogen-bond donors (Lipinski definition) is 1. The summed E-state index contributed by atoms with van der Waals surface area (Å²) in [6.45, 7) is 4.73. The van der Waals surface area contributed by atoms with Crippen LogP contribution >= 0.6 is 0 Å². The molecule has 0 bridgehead atoms. The van der Waals surface area contributed by atoms with Crippen LogP contribution in [0.2, 0.25) is 0 Å². The summed E-state index contributed by atoms with van der Waals surface area (Å²) < 4.78 is 50.2. The average molecular weight is 256 g/mol. The van der Waals surface area contributed by atoms with Crippen LogP contribution < -0.4 is 4.72 Å². The summed E-state index contributed by atoms with van der Waals surface area (Å²) in [5.74, 6) is 0. The molecule has 0 spiro atoms. The van der Waals surface area contributed by atoms with Crippen molar-refractivity contribution in [1.29, 1.82) is 5.26 Å². The van der Waals surface area contributed by atoms with Gasteiger partial charge < -0.3 is 4.55 Å². The van der Waals surface area contributed by atoms with Crippen molar-refractivity contribution in [3.63, 3.8) is 0 Å². The molecule has 0 aliphatic heterocycles. The van der Waals surface area contributed by atoms with Crippen LogP contribution in [-0.4, -0.2) is 21.5 Å². The van der Waals surface area contributed by atoms with Crippen LogP contribution in [0.5, 0.6) is 0 Å². The minimum absolute atomic E-state index is 0.224. The van der Waals surface area contributed by atoms with Gasteiger partial charge in [-0.05, 0) is 27.2 Å². The zero-order chi connectivity index (χ0) is 13.0. The smallest absolute Gasteiger partial charge is 0.408 e. The third kappa shape index (κ3) is 5.58. The second kappa shape index (κ2) is 5.75. The Morgan fingerprint density at radius 1 is 1.38 bits per heavy atom. The molecule has 0 aliphatic rings. The zero-order valence-corrected chi connectivity index (χ0v) is 10.2. The van der Waals surface area contributed by atoms with Gasteiger partial charge in [0.05, 0.1) is 6.07 Å². The zero-order valence-electron chi connectivity index (χ0n) is 9.39. The third-order valence-electron chi connectivity index (χ3n) is 1.75. The van der Waals surface area contributed by atoms with Gasteiger partial charge in [0, 0.05) is 17.8 Å².